The number of hydrogen-bond acceptors (Lipinski definition) is 6. The Hall–Kier alpha value is -1.14. The van der Waals surface area contributed by atoms with E-state index in [0.29, 0.717) is 12.8 Å². The van der Waals surface area contributed by atoms with Crippen molar-refractivity contribution in [2.75, 3.05) is 40.3 Å². The van der Waals surface area contributed by atoms with Crippen LogP contribution in [-0.4, -0.2) is 74.2 Å². The summed E-state index contributed by atoms with van der Waals surface area (Å²) in [6.45, 7) is 13.7. The maximum atomic E-state index is 12.6. The summed E-state index contributed by atoms with van der Waals surface area (Å²) < 4.78 is 11.9. The molecular formula is C50H100N2O4. The van der Waals surface area contributed by atoms with Gasteiger partial charge in [0.25, 0.3) is 0 Å². The number of likely N-dealkylation sites (N-methyl/N-ethyl adjacent to an activating group) is 1. The fourth-order valence-electron chi connectivity index (χ4n) is 7.86. The molecular weight excluding hydrogens is 693 g/mol. The third kappa shape index (κ3) is 39.7. The van der Waals surface area contributed by atoms with Crippen molar-refractivity contribution in [2.45, 2.75) is 271 Å². The summed E-state index contributed by atoms with van der Waals surface area (Å²) in [6, 6.07) is 0. The van der Waals surface area contributed by atoms with Crippen LogP contribution in [0.25, 0.3) is 0 Å². The Balaban J connectivity index is 4.10. The summed E-state index contributed by atoms with van der Waals surface area (Å²) in [5.74, 6) is 0.0789. The molecule has 0 aliphatic heterocycles. The van der Waals surface area contributed by atoms with Gasteiger partial charge in [0.1, 0.15) is 12.2 Å². The lowest BCUT2D eigenvalue weighted by Gasteiger charge is -2.24. The zero-order chi connectivity index (χ0) is 41.2. The van der Waals surface area contributed by atoms with Crippen LogP contribution in [0.3, 0.4) is 0 Å². The van der Waals surface area contributed by atoms with E-state index in [4.69, 9.17) is 9.47 Å². The molecule has 0 aromatic rings. The van der Waals surface area contributed by atoms with E-state index < -0.39 is 0 Å². The Labute approximate surface area is 351 Å². The average Bonchev–Trinajstić information content (AvgIpc) is 3.18. The number of nitrogens with zero attached hydrogens (tertiary/aromatic N) is 2. The maximum absolute atomic E-state index is 12.6. The smallest absolute Gasteiger partial charge is 0.306 e. The molecule has 0 heterocycles. The molecule has 0 saturated carbocycles. The van der Waals surface area contributed by atoms with Crippen molar-refractivity contribution in [3.05, 3.63) is 0 Å². The summed E-state index contributed by atoms with van der Waals surface area (Å²) >= 11 is 0. The van der Waals surface area contributed by atoms with Gasteiger partial charge in [-0.25, -0.2) is 0 Å². The van der Waals surface area contributed by atoms with Crippen molar-refractivity contribution in [2.24, 2.45) is 0 Å². The average molecular weight is 793 g/mol. The van der Waals surface area contributed by atoms with Gasteiger partial charge in [-0.3, -0.25) is 9.59 Å². The van der Waals surface area contributed by atoms with Crippen LogP contribution in [0.1, 0.15) is 259 Å². The third-order valence-corrected chi connectivity index (χ3v) is 11.7. The molecule has 334 valence electrons. The molecule has 0 aliphatic carbocycles. The fourth-order valence-corrected chi connectivity index (χ4v) is 7.86. The Kier molecular flexibility index (Phi) is 42.6. The molecule has 0 spiro atoms. The zero-order valence-corrected chi connectivity index (χ0v) is 39.0. The Bertz CT molecular complexity index is 737. The molecule has 6 nitrogen and oxygen atoms in total. The van der Waals surface area contributed by atoms with Crippen LogP contribution in [0.4, 0.5) is 0 Å². The topological polar surface area (TPSA) is 59.1 Å². The normalized spacial score (nSPS) is 11.8. The molecule has 0 aliphatic rings. The highest BCUT2D eigenvalue weighted by Gasteiger charge is 2.15. The van der Waals surface area contributed by atoms with E-state index in [-0.39, 0.29) is 24.1 Å². The van der Waals surface area contributed by atoms with E-state index in [1.54, 1.807) is 0 Å². The highest BCUT2D eigenvalue weighted by atomic mass is 16.5. The van der Waals surface area contributed by atoms with Gasteiger partial charge in [0.05, 0.1) is 0 Å². The Morgan fingerprint density at radius 1 is 0.357 bits per heavy atom. The summed E-state index contributed by atoms with van der Waals surface area (Å²) in [6.07, 6.45) is 42.7. The largest absolute Gasteiger partial charge is 0.462 e. The molecule has 56 heavy (non-hydrogen) atoms. The van der Waals surface area contributed by atoms with Crippen molar-refractivity contribution >= 4 is 11.9 Å². The quantitative estimate of drug-likeness (QED) is 0.0452. The van der Waals surface area contributed by atoms with Crippen molar-refractivity contribution in [3.63, 3.8) is 0 Å². The molecule has 0 bridgehead atoms. The van der Waals surface area contributed by atoms with Gasteiger partial charge in [-0.1, -0.05) is 169 Å². The van der Waals surface area contributed by atoms with Crippen LogP contribution in [-0.2, 0) is 19.1 Å². The van der Waals surface area contributed by atoms with Crippen LogP contribution in [0, 0.1) is 0 Å². The van der Waals surface area contributed by atoms with E-state index in [0.717, 1.165) is 64.5 Å². The SMILES string of the molecule is CCCCCCC(CCCCCC)OC(=O)CCCCCCCCCN(CCCCCCCCCC(=O)OC(CCCCCC)CCCCCC)CCN(C)C. The molecule has 0 saturated heterocycles. The van der Waals surface area contributed by atoms with Gasteiger partial charge in [0, 0.05) is 25.9 Å². The molecule has 0 amide bonds. The molecule has 0 aromatic heterocycles. The van der Waals surface area contributed by atoms with Crippen LogP contribution in [0.5, 0.6) is 0 Å². The maximum Gasteiger partial charge on any atom is 0.306 e. The van der Waals surface area contributed by atoms with Crippen LogP contribution >= 0.6 is 0 Å². The van der Waals surface area contributed by atoms with Gasteiger partial charge in [-0.15, -0.1) is 0 Å². The predicted molar refractivity (Wildman–Crippen MR) is 244 cm³/mol. The number of esters is 2. The van der Waals surface area contributed by atoms with Gasteiger partial charge >= 0.3 is 11.9 Å². The van der Waals surface area contributed by atoms with Gasteiger partial charge in [-0.2, -0.15) is 0 Å². The fraction of sp³-hybridized carbons (Fsp3) is 0.960. The lowest BCUT2D eigenvalue weighted by molar-refractivity contribution is -0.151. The van der Waals surface area contributed by atoms with Crippen LogP contribution in [0.15, 0.2) is 0 Å². The molecule has 0 fully saturated rings. The van der Waals surface area contributed by atoms with Crippen LogP contribution < -0.4 is 0 Å². The van der Waals surface area contributed by atoms with E-state index in [2.05, 4.69) is 51.6 Å². The first-order valence-electron chi connectivity index (χ1n) is 25.1. The summed E-state index contributed by atoms with van der Waals surface area (Å²) in [7, 11) is 4.36. The molecule has 0 N–H and O–H groups in total. The first-order chi connectivity index (χ1) is 27.4. The molecule has 6 heteroatoms. The van der Waals surface area contributed by atoms with E-state index in [1.807, 2.05) is 0 Å². The second-order valence-electron chi connectivity index (χ2n) is 17.7. The van der Waals surface area contributed by atoms with E-state index in [1.165, 1.54) is 180 Å². The standard InChI is InChI=1S/C50H100N2O4/c1-7-11-15-29-37-47(38-30-16-12-8-2)55-49(53)41-33-25-21-19-23-27-35-43-52(46-45-51(5)6)44-36-28-24-20-22-26-34-42-50(54)56-48(39-31-17-13-9-3)40-32-18-14-10-4/h47-48H,7-46H2,1-6H3. The van der Waals surface area contributed by atoms with Gasteiger partial charge < -0.3 is 19.3 Å². The third-order valence-electron chi connectivity index (χ3n) is 11.7. The molecule has 0 radical (unpaired) electrons. The number of unbranched alkanes of at least 4 members (excludes halogenated alkanes) is 24. The number of carbonyl (C=O) groups is 2. The van der Waals surface area contributed by atoms with Gasteiger partial charge in [0.15, 0.2) is 0 Å². The Morgan fingerprint density at radius 2 is 0.643 bits per heavy atom. The predicted octanol–water partition coefficient (Wildman–Crippen LogP) is 14.8. The lowest BCUT2D eigenvalue weighted by Crippen LogP contribution is -2.33. The second-order valence-corrected chi connectivity index (χ2v) is 17.7. The van der Waals surface area contributed by atoms with Gasteiger partial charge in [-0.05, 0) is 104 Å². The van der Waals surface area contributed by atoms with Crippen molar-refractivity contribution < 1.29 is 19.1 Å². The molecule has 0 unspecified atom stereocenters. The minimum absolute atomic E-state index is 0.0395. The second kappa shape index (κ2) is 43.4. The highest BCUT2D eigenvalue weighted by Crippen LogP contribution is 2.19. The summed E-state index contributed by atoms with van der Waals surface area (Å²) in [5, 5.41) is 0. The minimum Gasteiger partial charge on any atom is -0.462 e. The number of ether oxygens (including phenoxy) is 2. The van der Waals surface area contributed by atoms with E-state index >= 15 is 0 Å². The molecule has 0 aromatic carbocycles. The monoisotopic (exact) mass is 793 g/mol. The minimum atomic E-state index is 0.0395. The highest BCUT2D eigenvalue weighted by molar-refractivity contribution is 5.69. The number of carbonyl (C=O) groups excluding carboxylic acids is 2. The lowest BCUT2D eigenvalue weighted by atomic mass is 10.0. The summed E-state index contributed by atoms with van der Waals surface area (Å²) in [5.41, 5.74) is 0. The Morgan fingerprint density at radius 3 is 0.946 bits per heavy atom. The van der Waals surface area contributed by atoms with Gasteiger partial charge in [0.2, 0.25) is 0 Å². The summed E-state index contributed by atoms with van der Waals surface area (Å²) in [4.78, 5) is 30.2. The van der Waals surface area contributed by atoms with Crippen molar-refractivity contribution in [3.8, 4) is 0 Å². The first kappa shape index (κ1) is 54.9. The zero-order valence-electron chi connectivity index (χ0n) is 39.0. The molecule has 0 atom stereocenters. The molecule has 0 rings (SSSR count). The van der Waals surface area contributed by atoms with Crippen molar-refractivity contribution in [1.82, 2.24) is 9.80 Å². The first-order valence-corrected chi connectivity index (χ1v) is 25.1. The van der Waals surface area contributed by atoms with E-state index in [9.17, 15) is 9.59 Å². The number of hydrogen-bond donors (Lipinski definition) is 0. The van der Waals surface area contributed by atoms with Crippen LogP contribution in [0.2, 0.25) is 0 Å². The van der Waals surface area contributed by atoms with Crippen molar-refractivity contribution in [1.29, 1.82) is 0 Å². The number of rotatable bonds is 45.